The Morgan fingerprint density at radius 3 is 2.60 bits per heavy atom. The highest BCUT2D eigenvalue weighted by Crippen LogP contribution is 2.30. The minimum Gasteiger partial charge on any atom is -0.337 e. The molecule has 178 valence electrons. The molecule has 35 heavy (non-hydrogen) atoms. The predicted molar refractivity (Wildman–Crippen MR) is 128 cm³/mol. The van der Waals surface area contributed by atoms with E-state index in [1.165, 1.54) is 17.1 Å². The maximum absolute atomic E-state index is 14.5. The molecule has 2 aliphatic rings. The first-order valence-corrected chi connectivity index (χ1v) is 11.2. The standard InChI is InChI=1S/C23H23BF2N8O/c1-14-18(13-31(2)30-14)21-19(26)12-27-22(29-21)32-5-7-33(8-6-32)23(35)34-20(3-4-28-34)15-9-16(24)11-17(25)10-15/h4,9-13,20H,3,5-8H2,1-2H3. The molecule has 2 aliphatic heterocycles. The van der Waals surface area contributed by atoms with Gasteiger partial charge in [-0.2, -0.15) is 10.2 Å². The summed E-state index contributed by atoms with van der Waals surface area (Å²) in [5.74, 6) is -0.577. The Kier molecular flexibility index (Phi) is 5.95. The van der Waals surface area contributed by atoms with Crippen molar-refractivity contribution >= 4 is 31.5 Å². The summed E-state index contributed by atoms with van der Waals surface area (Å²) in [5, 5.41) is 9.88. The van der Waals surface area contributed by atoms with Crippen molar-refractivity contribution in [2.75, 3.05) is 31.1 Å². The minimum absolute atomic E-state index is 0.197. The molecule has 1 atom stereocenters. The molecule has 1 unspecified atom stereocenters. The first kappa shape index (κ1) is 22.9. The van der Waals surface area contributed by atoms with E-state index in [0.717, 1.165) is 6.20 Å². The number of carbonyl (C=O) groups is 1. The number of carbonyl (C=O) groups excluding carboxylic acids is 1. The van der Waals surface area contributed by atoms with E-state index in [9.17, 15) is 13.6 Å². The zero-order chi connectivity index (χ0) is 24.7. The predicted octanol–water partition coefficient (Wildman–Crippen LogP) is 1.93. The normalized spacial score (nSPS) is 17.9. The second-order valence-corrected chi connectivity index (χ2v) is 8.64. The van der Waals surface area contributed by atoms with Crippen LogP contribution in [0.4, 0.5) is 19.5 Å². The number of hydrogen-bond donors (Lipinski definition) is 0. The van der Waals surface area contributed by atoms with E-state index in [0.29, 0.717) is 60.8 Å². The van der Waals surface area contributed by atoms with Gasteiger partial charge in [-0.1, -0.05) is 11.5 Å². The first-order chi connectivity index (χ1) is 16.8. The summed E-state index contributed by atoms with van der Waals surface area (Å²) in [4.78, 5) is 25.4. The lowest BCUT2D eigenvalue weighted by Crippen LogP contribution is -2.52. The number of anilines is 1. The van der Waals surface area contributed by atoms with Crippen LogP contribution in [0.1, 0.15) is 23.7 Å². The Morgan fingerprint density at radius 2 is 1.91 bits per heavy atom. The van der Waals surface area contributed by atoms with E-state index in [2.05, 4.69) is 20.2 Å². The van der Waals surface area contributed by atoms with Gasteiger partial charge in [0.15, 0.2) is 5.82 Å². The Morgan fingerprint density at radius 1 is 1.14 bits per heavy atom. The van der Waals surface area contributed by atoms with Crippen LogP contribution >= 0.6 is 0 Å². The van der Waals surface area contributed by atoms with Gasteiger partial charge in [0, 0.05) is 57.6 Å². The molecule has 9 nitrogen and oxygen atoms in total. The molecule has 12 heteroatoms. The van der Waals surface area contributed by atoms with Crippen LogP contribution in [0.2, 0.25) is 0 Å². The van der Waals surface area contributed by atoms with Crippen LogP contribution in [0.5, 0.6) is 0 Å². The molecule has 0 aliphatic carbocycles. The second kappa shape index (κ2) is 9.08. The number of aromatic nitrogens is 4. The van der Waals surface area contributed by atoms with E-state index in [-0.39, 0.29) is 11.7 Å². The molecule has 1 aromatic carbocycles. The number of piperazine rings is 1. The van der Waals surface area contributed by atoms with Crippen molar-refractivity contribution < 1.29 is 13.6 Å². The monoisotopic (exact) mass is 476 g/mol. The minimum atomic E-state index is -0.519. The summed E-state index contributed by atoms with van der Waals surface area (Å²) in [5.41, 5.74) is 2.38. The zero-order valence-corrected chi connectivity index (χ0v) is 19.4. The van der Waals surface area contributed by atoms with Crippen LogP contribution in [-0.4, -0.2) is 75.9 Å². The summed E-state index contributed by atoms with van der Waals surface area (Å²) >= 11 is 0. The maximum atomic E-state index is 14.5. The van der Waals surface area contributed by atoms with Gasteiger partial charge in [0.2, 0.25) is 5.95 Å². The number of hydrogen-bond acceptors (Lipinski definition) is 6. The van der Waals surface area contributed by atoms with E-state index in [4.69, 9.17) is 7.85 Å². The molecule has 2 aromatic heterocycles. The highest BCUT2D eigenvalue weighted by molar-refractivity contribution is 6.32. The Labute approximate surface area is 202 Å². The quantitative estimate of drug-likeness (QED) is 0.540. The Balaban J connectivity index is 1.28. The SMILES string of the molecule is [B]c1cc(F)cc(C2CC=NN2C(=O)N2CCN(c3ncc(F)c(-c4cn(C)nc4C)n3)CC2)c1. The molecule has 3 aromatic rings. The topological polar surface area (TPSA) is 82.8 Å². The van der Waals surface area contributed by atoms with Crippen molar-refractivity contribution in [1.29, 1.82) is 0 Å². The van der Waals surface area contributed by atoms with Gasteiger partial charge < -0.3 is 9.80 Å². The average molecular weight is 476 g/mol. The lowest BCUT2D eigenvalue weighted by molar-refractivity contribution is 0.139. The van der Waals surface area contributed by atoms with Crippen LogP contribution < -0.4 is 10.4 Å². The largest absolute Gasteiger partial charge is 0.341 e. The van der Waals surface area contributed by atoms with E-state index in [1.807, 2.05) is 4.90 Å². The van der Waals surface area contributed by atoms with Gasteiger partial charge in [-0.25, -0.2) is 28.6 Å². The number of aryl methyl sites for hydroxylation is 2. The van der Waals surface area contributed by atoms with E-state index in [1.54, 1.807) is 42.0 Å². The second-order valence-electron chi connectivity index (χ2n) is 8.64. The van der Waals surface area contributed by atoms with Gasteiger partial charge in [-0.3, -0.25) is 4.68 Å². The van der Waals surface area contributed by atoms with Gasteiger partial charge in [0.1, 0.15) is 19.4 Å². The summed E-state index contributed by atoms with van der Waals surface area (Å²) < 4.78 is 30.0. The van der Waals surface area contributed by atoms with Crippen molar-refractivity contribution in [3.63, 3.8) is 0 Å². The number of amides is 2. The van der Waals surface area contributed by atoms with Crippen LogP contribution in [0, 0.1) is 18.6 Å². The van der Waals surface area contributed by atoms with Crippen LogP contribution in [0.15, 0.2) is 35.7 Å². The van der Waals surface area contributed by atoms with Gasteiger partial charge >= 0.3 is 6.03 Å². The smallest absolute Gasteiger partial charge is 0.337 e. The Bertz CT molecular complexity index is 1280. The molecule has 5 rings (SSSR count). The fourth-order valence-electron chi connectivity index (χ4n) is 4.48. The molecular weight excluding hydrogens is 453 g/mol. The summed E-state index contributed by atoms with van der Waals surface area (Å²) in [6, 6.07) is 3.60. The van der Waals surface area contributed by atoms with E-state index >= 15 is 0 Å². The van der Waals surface area contributed by atoms with Crippen LogP contribution in [0.25, 0.3) is 11.3 Å². The molecule has 1 fully saturated rings. The third kappa shape index (κ3) is 4.47. The number of benzene rings is 1. The van der Waals surface area contributed by atoms with Crippen LogP contribution in [0.3, 0.4) is 0 Å². The lowest BCUT2D eigenvalue weighted by Gasteiger charge is -2.37. The van der Waals surface area contributed by atoms with Crippen molar-refractivity contribution in [2.24, 2.45) is 12.1 Å². The number of rotatable bonds is 3. The number of urea groups is 1. The van der Waals surface area contributed by atoms with Crippen molar-refractivity contribution in [3.05, 3.63) is 53.5 Å². The number of nitrogens with zero attached hydrogens (tertiary/aromatic N) is 8. The third-order valence-electron chi connectivity index (χ3n) is 6.19. The molecule has 0 saturated carbocycles. The summed E-state index contributed by atoms with van der Waals surface area (Å²) in [6.45, 7) is 3.55. The van der Waals surface area contributed by atoms with Gasteiger partial charge in [-0.15, -0.1) is 0 Å². The molecule has 2 radical (unpaired) electrons. The van der Waals surface area contributed by atoms with Crippen LogP contribution in [-0.2, 0) is 7.05 Å². The van der Waals surface area contributed by atoms with Crippen molar-refractivity contribution in [3.8, 4) is 11.3 Å². The number of halogens is 2. The van der Waals surface area contributed by atoms with Gasteiger partial charge in [0.25, 0.3) is 0 Å². The summed E-state index contributed by atoms with van der Waals surface area (Å²) in [7, 11) is 7.56. The molecular formula is C23H23BF2N8O. The highest BCUT2D eigenvalue weighted by atomic mass is 19.1. The molecule has 0 spiro atoms. The average Bonchev–Trinajstić information content (AvgIpc) is 3.44. The fourth-order valence-corrected chi connectivity index (χ4v) is 4.48. The molecule has 0 bridgehead atoms. The van der Waals surface area contributed by atoms with E-state index < -0.39 is 17.7 Å². The fraction of sp³-hybridized carbons (Fsp3) is 0.348. The number of hydrazone groups is 1. The van der Waals surface area contributed by atoms with Gasteiger partial charge in [0.05, 0.1) is 17.9 Å². The first-order valence-electron chi connectivity index (χ1n) is 11.2. The van der Waals surface area contributed by atoms with Crippen molar-refractivity contribution in [2.45, 2.75) is 19.4 Å². The highest BCUT2D eigenvalue weighted by Gasteiger charge is 2.33. The third-order valence-corrected chi connectivity index (χ3v) is 6.19. The van der Waals surface area contributed by atoms with Gasteiger partial charge in [-0.05, 0) is 24.6 Å². The summed E-state index contributed by atoms with van der Waals surface area (Å²) in [6.07, 6.45) is 5.01. The lowest BCUT2D eigenvalue weighted by atomic mass is 9.91. The molecule has 0 N–H and O–H groups in total. The molecule has 4 heterocycles. The maximum Gasteiger partial charge on any atom is 0.341 e. The zero-order valence-electron chi connectivity index (χ0n) is 19.4. The van der Waals surface area contributed by atoms with Crippen molar-refractivity contribution in [1.82, 2.24) is 29.7 Å². The Hall–Kier alpha value is -3.83. The molecule has 1 saturated heterocycles. The molecule has 2 amide bonds.